The van der Waals surface area contributed by atoms with Crippen LogP contribution in [-0.2, 0) is 13.1 Å². The smallest absolute Gasteiger partial charge is 0.244 e. The first kappa shape index (κ1) is 22.3. The molecule has 0 spiro atoms. The predicted octanol–water partition coefficient (Wildman–Crippen LogP) is 4.49. The zero-order valence-electron chi connectivity index (χ0n) is 19.8. The molecule has 1 aromatic heterocycles. The molecule has 36 heavy (non-hydrogen) atoms. The number of imidazole rings is 1. The molecule has 0 radical (unpaired) electrons. The summed E-state index contributed by atoms with van der Waals surface area (Å²) in [7, 11) is 0. The van der Waals surface area contributed by atoms with Crippen molar-refractivity contribution >= 4 is 43.1 Å². The number of halogens is 1. The topological polar surface area (TPSA) is 8.81 Å². The van der Waals surface area contributed by atoms with Gasteiger partial charge in [-0.25, -0.2) is 9.13 Å². The lowest BCUT2D eigenvalue weighted by atomic mass is 9.96. The fourth-order valence-corrected chi connectivity index (χ4v) is 5.55. The maximum atomic E-state index is 2.31. The standard InChI is InChI=1S/C33H25N2.ClH/c1-5-13-28-24(9-1)19-25-10-2-6-14-29(25)32(28)21-34-17-18-35(23-34)22-33-30-15-7-3-11-26(30)20-27-12-4-8-16-31(27)33;/h1-20,23H,21-22H2;1H/q+1;/p-1. The molecule has 174 valence electrons. The highest BCUT2D eigenvalue weighted by Crippen LogP contribution is 2.30. The van der Waals surface area contributed by atoms with E-state index in [1.54, 1.807) is 0 Å². The molecule has 0 bridgehead atoms. The van der Waals surface area contributed by atoms with Gasteiger partial charge >= 0.3 is 0 Å². The summed E-state index contributed by atoms with van der Waals surface area (Å²) in [6.45, 7) is 1.68. The number of nitrogens with zero attached hydrogens (tertiary/aromatic N) is 2. The number of hydrogen-bond donors (Lipinski definition) is 0. The second-order valence-corrected chi connectivity index (χ2v) is 9.35. The summed E-state index contributed by atoms with van der Waals surface area (Å²) < 4.78 is 4.61. The quantitative estimate of drug-likeness (QED) is 0.257. The molecule has 1 heterocycles. The van der Waals surface area contributed by atoms with Crippen molar-refractivity contribution < 1.29 is 17.0 Å². The molecular formula is C33H25ClN2. The molecule has 0 fully saturated rings. The van der Waals surface area contributed by atoms with E-state index in [2.05, 4.69) is 137 Å². The number of benzene rings is 6. The van der Waals surface area contributed by atoms with E-state index < -0.39 is 0 Å². The zero-order chi connectivity index (χ0) is 23.2. The summed E-state index contributed by atoms with van der Waals surface area (Å²) in [5.41, 5.74) is 2.74. The SMILES string of the molecule is [Cl-].c1ccc2c(Cn3cc[n+](Cc4c5ccccc5cc5ccccc45)c3)c3ccccc3cc2c1. The van der Waals surface area contributed by atoms with E-state index in [1.807, 2.05) is 0 Å². The molecule has 0 aliphatic rings. The van der Waals surface area contributed by atoms with Crippen LogP contribution in [0, 0.1) is 0 Å². The van der Waals surface area contributed by atoms with E-state index in [9.17, 15) is 0 Å². The maximum absolute atomic E-state index is 2.31. The van der Waals surface area contributed by atoms with Gasteiger partial charge in [0.1, 0.15) is 25.5 Å². The number of aromatic nitrogens is 2. The minimum atomic E-state index is 0. The molecule has 0 saturated carbocycles. The van der Waals surface area contributed by atoms with Crippen molar-refractivity contribution in [1.29, 1.82) is 0 Å². The lowest BCUT2D eigenvalue weighted by Crippen LogP contribution is -3.00. The Morgan fingerprint density at radius 2 is 0.944 bits per heavy atom. The fourth-order valence-electron chi connectivity index (χ4n) is 5.55. The normalized spacial score (nSPS) is 11.3. The molecule has 0 amide bonds. The van der Waals surface area contributed by atoms with Gasteiger partial charge in [0.2, 0.25) is 6.33 Å². The largest absolute Gasteiger partial charge is 1.00 e. The van der Waals surface area contributed by atoms with E-state index in [4.69, 9.17) is 0 Å². The zero-order valence-corrected chi connectivity index (χ0v) is 20.6. The lowest BCUT2D eigenvalue weighted by molar-refractivity contribution is -0.687. The summed E-state index contributed by atoms with van der Waals surface area (Å²) in [5, 5.41) is 10.5. The highest BCUT2D eigenvalue weighted by Gasteiger charge is 2.14. The molecule has 2 nitrogen and oxygen atoms in total. The minimum absolute atomic E-state index is 0. The number of rotatable bonds is 4. The molecule has 7 rings (SSSR count). The average Bonchev–Trinajstić information content (AvgIpc) is 3.35. The van der Waals surface area contributed by atoms with Crippen molar-refractivity contribution in [2.24, 2.45) is 0 Å². The lowest BCUT2D eigenvalue weighted by Gasteiger charge is -2.10. The van der Waals surface area contributed by atoms with Gasteiger partial charge < -0.3 is 12.4 Å². The molecule has 0 saturated heterocycles. The van der Waals surface area contributed by atoms with Gasteiger partial charge in [0.15, 0.2) is 0 Å². The van der Waals surface area contributed by atoms with Gasteiger partial charge in [0.25, 0.3) is 0 Å². The van der Waals surface area contributed by atoms with Crippen molar-refractivity contribution in [3.8, 4) is 0 Å². The molecule has 3 heteroatoms. The first-order chi connectivity index (χ1) is 17.3. The van der Waals surface area contributed by atoms with Crippen LogP contribution in [0.25, 0.3) is 43.1 Å². The molecule has 0 atom stereocenters. The van der Waals surface area contributed by atoms with Gasteiger partial charge in [-0.05, 0) is 55.2 Å². The van der Waals surface area contributed by atoms with Crippen molar-refractivity contribution in [3.05, 3.63) is 139 Å². The molecule has 0 N–H and O–H groups in total. The summed E-state index contributed by atoms with van der Waals surface area (Å²) in [4.78, 5) is 0. The summed E-state index contributed by atoms with van der Waals surface area (Å²) >= 11 is 0. The number of hydrogen-bond acceptors (Lipinski definition) is 0. The third kappa shape index (κ3) is 3.80. The van der Waals surface area contributed by atoms with E-state index in [1.165, 1.54) is 54.2 Å². The van der Waals surface area contributed by atoms with Crippen LogP contribution >= 0.6 is 0 Å². The molecule has 0 aliphatic carbocycles. The van der Waals surface area contributed by atoms with Gasteiger partial charge in [-0.2, -0.15) is 0 Å². The van der Waals surface area contributed by atoms with Gasteiger partial charge in [-0.15, -0.1) is 0 Å². The van der Waals surface area contributed by atoms with Gasteiger partial charge in [-0.1, -0.05) is 97.1 Å². The van der Waals surface area contributed by atoms with Gasteiger partial charge in [0, 0.05) is 11.1 Å². The first-order valence-corrected chi connectivity index (χ1v) is 12.2. The monoisotopic (exact) mass is 484 g/mol. The van der Waals surface area contributed by atoms with Crippen LogP contribution in [0.4, 0.5) is 0 Å². The van der Waals surface area contributed by atoms with Crippen molar-refractivity contribution in [2.75, 3.05) is 0 Å². The van der Waals surface area contributed by atoms with Gasteiger partial charge in [0.05, 0.1) is 0 Å². The third-order valence-corrected chi connectivity index (χ3v) is 7.19. The van der Waals surface area contributed by atoms with Crippen LogP contribution in [0.3, 0.4) is 0 Å². The van der Waals surface area contributed by atoms with E-state index in [0.29, 0.717) is 0 Å². The summed E-state index contributed by atoms with van der Waals surface area (Å²) in [6.07, 6.45) is 6.64. The Morgan fingerprint density at radius 1 is 0.528 bits per heavy atom. The van der Waals surface area contributed by atoms with Crippen LogP contribution in [0.1, 0.15) is 11.1 Å². The van der Waals surface area contributed by atoms with Crippen LogP contribution in [0.2, 0.25) is 0 Å². The Bertz CT molecular complexity index is 1620. The van der Waals surface area contributed by atoms with Crippen LogP contribution in [0.15, 0.2) is 128 Å². The minimum Gasteiger partial charge on any atom is -1.00 e. The average molecular weight is 485 g/mol. The highest BCUT2D eigenvalue weighted by atomic mass is 35.5. The van der Waals surface area contributed by atoms with Crippen LogP contribution in [0.5, 0.6) is 0 Å². The Balaban J connectivity index is 0.00000240. The maximum Gasteiger partial charge on any atom is 0.244 e. The van der Waals surface area contributed by atoms with Crippen molar-refractivity contribution in [1.82, 2.24) is 4.57 Å². The predicted molar refractivity (Wildman–Crippen MR) is 146 cm³/mol. The van der Waals surface area contributed by atoms with Crippen molar-refractivity contribution in [2.45, 2.75) is 13.1 Å². The second-order valence-electron chi connectivity index (χ2n) is 9.35. The first-order valence-electron chi connectivity index (χ1n) is 12.2. The van der Waals surface area contributed by atoms with Crippen molar-refractivity contribution in [3.63, 3.8) is 0 Å². The Hall–Kier alpha value is -4.14. The van der Waals surface area contributed by atoms with Crippen LogP contribution < -0.4 is 17.0 Å². The molecular weight excluding hydrogens is 460 g/mol. The molecule has 0 aliphatic heterocycles. The number of fused-ring (bicyclic) bond motifs is 4. The molecule has 0 unspecified atom stereocenters. The Labute approximate surface area is 216 Å². The van der Waals surface area contributed by atoms with E-state index >= 15 is 0 Å². The van der Waals surface area contributed by atoms with Gasteiger partial charge in [-0.3, -0.25) is 0 Å². The summed E-state index contributed by atoms with van der Waals surface area (Å²) in [6, 6.07) is 39.5. The van der Waals surface area contributed by atoms with E-state index in [-0.39, 0.29) is 12.4 Å². The Kier molecular flexibility index (Phi) is 5.67. The molecule has 7 aromatic rings. The van der Waals surface area contributed by atoms with E-state index in [0.717, 1.165) is 13.1 Å². The second kappa shape index (κ2) is 9.14. The molecule has 6 aromatic carbocycles. The third-order valence-electron chi connectivity index (χ3n) is 7.19. The van der Waals surface area contributed by atoms with Crippen LogP contribution in [-0.4, -0.2) is 4.57 Å². The fraction of sp³-hybridized carbons (Fsp3) is 0.0606. The Morgan fingerprint density at radius 3 is 1.42 bits per heavy atom. The summed E-state index contributed by atoms with van der Waals surface area (Å²) in [5.74, 6) is 0. The highest BCUT2D eigenvalue weighted by molar-refractivity contribution is 6.03.